The number of piperazine rings is 1. The third kappa shape index (κ3) is 6.43. The molecule has 1 aromatic rings. The van der Waals surface area contributed by atoms with E-state index in [1.165, 1.54) is 43.9 Å². The van der Waals surface area contributed by atoms with E-state index in [1.54, 1.807) is 4.31 Å². The normalized spacial score (nSPS) is 25.3. The number of nitrogens with zero attached hydrogens (tertiary/aromatic N) is 5. The summed E-state index contributed by atoms with van der Waals surface area (Å²) in [6.45, 7) is 10.3. The molecule has 1 aromatic heterocycles. The lowest BCUT2D eigenvalue weighted by Gasteiger charge is -2.52. The predicted octanol–water partition coefficient (Wildman–Crippen LogP) is 3.53. The summed E-state index contributed by atoms with van der Waals surface area (Å²) < 4.78 is 27.6. The molecule has 11 heteroatoms. The first-order valence-electron chi connectivity index (χ1n) is 16.4. The number of aryl methyl sites for hydroxylation is 1. The maximum Gasteiger partial charge on any atom is 0.246 e. The van der Waals surface area contributed by atoms with Gasteiger partial charge >= 0.3 is 0 Å². The Morgan fingerprint density at radius 2 is 1.64 bits per heavy atom. The molecule has 4 fully saturated rings. The smallest absolute Gasteiger partial charge is 0.246 e. The van der Waals surface area contributed by atoms with Crippen LogP contribution in [0.3, 0.4) is 0 Å². The second-order valence-electron chi connectivity index (χ2n) is 13.4. The van der Waals surface area contributed by atoms with Crippen molar-refractivity contribution >= 4 is 21.8 Å². The molecule has 2 amide bonds. The Bertz CT molecular complexity index is 1220. The molecule has 3 saturated heterocycles. The Hall–Kier alpha value is -1.98. The van der Waals surface area contributed by atoms with Gasteiger partial charge in [-0.3, -0.25) is 19.2 Å². The van der Waals surface area contributed by atoms with Crippen LogP contribution in [0.5, 0.6) is 0 Å². The van der Waals surface area contributed by atoms with E-state index in [0.717, 1.165) is 63.1 Å². The molecule has 0 radical (unpaired) electrons. The first-order valence-corrected chi connectivity index (χ1v) is 18.2. The number of nitrogens with one attached hydrogen (secondary N) is 1. The highest BCUT2D eigenvalue weighted by Gasteiger charge is 2.53. The molecular weight excluding hydrogens is 552 g/mol. The number of rotatable bonds is 9. The number of piperidine rings is 2. The largest absolute Gasteiger partial charge is 0.342 e. The third-order valence-corrected chi connectivity index (χ3v) is 11.9. The number of carbonyl (C=O) groups excluding carboxylic acids is 2. The Morgan fingerprint density at radius 3 is 2.26 bits per heavy atom. The minimum Gasteiger partial charge on any atom is -0.342 e. The monoisotopic (exact) mass is 604 g/mol. The van der Waals surface area contributed by atoms with Crippen LogP contribution < -0.4 is 5.32 Å². The minimum atomic E-state index is -3.16. The second kappa shape index (κ2) is 12.9. The second-order valence-corrected chi connectivity index (χ2v) is 15.4. The number of unbranched alkanes of at least 4 members (excludes halogenated alkanes) is 1. The summed E-state index contributed by atoms with van der Waals surface area (Å²) >= 11 is 0. The summed E-state index contributed by atoms with van der Waals surface area (Å²) in [5.74, 6) is 0.729. The van der Waals surface area contributed by atoms with Crippen molar-refractivity contribution in [2.45, 2.75) is 122 Å². The Balaban J connectivity index is 1.24. The Labute approximate surface area is 252 Å². The van der Waals surface area contributed by atoms with Crippen molar-refractivity contribution < 1.29 is 18.0 Å². The SMILES string of the molecule is CCCCN1C(=O)C(CC2CCCCC2)NC(=O)C12CCN(Cc1c(C)nn(C3CCN(S(C)(=O)=O)CC3)c1C)CC2. The molecule has 0 bridgehead atoms. The summed E-state index contributed by atoms with van der Waals surface area (Å²) in [6, 6.07) is -0.174. The van der Waals surface area contributed by atoms with Crippen molar-refractivity contribution in [3.8, 4) is 0 Å². The Kier molecular flexibility index (Phi) is 9.69. The minimum absolute atomic E-state index is 0.0549. The van der Waals surface area contributed by atoms with Gasteiger partial charge in [0.1, 0.15) is 11.6 Å². The molecule has 1 saturated carbocycles. The Morgan fingerprint density at radius 1 is 0.976 bits per heavy atom. The predicted molar refractivity (Wildman–Crippen MR) is 163 cm³/mol. The number of likely N-dealkylation sites (tertiary alicyclic amines) is 1. The fraction of sp³-hybridized carbons (Fsp3) is 0.839. The zero-order chi connectivity index (χ0) is 30.1. The fourth-order valence-corrected chi connectivity index (χ4v) is 8.81. The molecule has 3 aliphatic heterocycles. The summed E-state index contributed by atoms with van der Waals surface area (Å²) in [4.78, 5) is 32.1. The van der Waals surface area contributed by atoms with Crippen molar-refractivity contribution in [1.82, 2.24) is 29.2 Å². The molecule has 1 atom stereocenters. The number of aromatic nitrogens is 2. The highest BCUT2D eigenvalue weighted by atomic mass is 32.2. The standard InChI is InChI=1S/C31H52N6O4S/c1-5-6-16-36-29(38)28(21-25-10-8-7-9-11-25)32-30(39)31(36)14-19-34(20-15-31)22-27-23(2)33-37(24(27)3)26-12-17-35(18-13-26)42(4,40)41/h25-26,28H,5-22H2,1-4H3,(H,32,39). The maximum absolute atomic E-state index is 13.9. The average molecular weight is 605 g/mol. The highest BCUT2D eigenvalue weighted by molar-refractivity contribution is 7.88. The van der Waals surface area contributed by atoms with Gasteiger partial charge < -0.3 is 10.2 Å². The maximum atomic E-state index is 13.9. The van der Waals surface area contributed by atoms with Gasteiger partial charge in [0.2, 0.25) is 21.8 Å². The molecule has 10 nitrogen and oxygen atoms in total. The van der Waals surface area contributed by atoms with Crippen molar-refractivity contribution in [2.75, 3.05) is 39.0 Å². The lowest BCUT2D eigenvalue weighted by atomic mass is 9.79. The van der Waals surface area contributed by atoms with E-state index in [0.29, 0.717) is 38.4 Å². The first kappa shape index (κ1) is 31.4. The number of hydrogen-bond acceptors (Lipinski definition) is 6. The highest BCUT2D eigenvalue weighted by Crippen LogP contribution is 2.37. The van der Waals surface area contributed by atoms with Crippen molar-refractivity contribution in [3.05, 3.63) is 17.0 Å². The van der Waals surface area contributed by atoms with Gasteiger partial charge in [-0.2, -0.15) is 5.10 Å². The van der Waals surface area contributed by atoms with Crippen LogP contribution in [-0.4, -0.2) is 94.7 Å². The van der Waals surface area contributed by atoms with E-state index < -0.39 is 15.6 Å². The van der Waals surface area contributed by atoms with Crippen LogP contribution >= 0.6 is 0 Å². The lowest BCUT2D eigenvalue weighted by Crippen LogP contribution is -2.73. The molecule has 5 rings (SSSR count). The molecule has 1 unspecified atom stereocenters. The van der Waals surface area contributed by atoms with E-state index in [-0.39, 0.29) is 23.9 Å². The van der Waals surface area contributed by atoms with Gasteiger partial charge in [-0.25, -0.2) is 12.7 Å². The van der Waals surface area contributed by atoms with Crippen LogP contribution in [0.15, 0.2) is 0 Å². The first-order chi connectivity index (χ1) is 20.0. The van der Waals surface area contributed by atoms with Crippen molar-refractivity contribution in [3.63, 3.8) is 0 Å². The molecular formula is C31H52N6O4S. The molecule has 1 aliphatic carbocycles. The topological polar surface area (TPSA) is 108 Å². The number of amides is 2. The van der Waals surface area contributed by atoms with Crippen molar-refractivity contribution in [1.29, 1.82) is 0 Å². The van der Waals surface area contributed by atoms with Crippen molar-refractivity contribution in [2.24, 2.45) is 5.92 Å². The molecule has 4 aliphatic rings. The summed E-state index contributed by atoms with van der Waals surface area (Å²) in [6.07, 6.45) is 12.9. The van der Waals surface area contributed by atoms with E-state index in [4.69, 9.17) is 5.10 Å². The van der Waals surface area contributed by atoms with Gasteiger partial charge in [-0.1, -0.05) is 45.4 Å². The summed E-state index contributed by atoms with van der Waals surface area (Å²) in [5.41, 5.74) is 2.63. The van der Waals surface area contributed by atoms with Gasteiger partial charge in [-0.05, 0) is 58.3 Å². The van der Waals surface area contributed by atoms with Gasteiger partial charge in [-0.15, -0.1) is 0 Å². The van der Waals surface area contributed by atoms with E-state index in [1.807, 2.05) is 4.90 Å². The zero-order valence-corrected chi connectivity index (χ0v) is 27.1. The molecule has 42 heavy (non-hydrogen) atoms. The summed E-state index contributed by atoms with van der Waals surface area (Å²) in [5, 5.41) is 8.11. The molecule has 1 N–H and O–H groups in total. The van der Waals surface area contributed by atoms with Crippen LogP contribution in [0.25, 0.3) is 0 Å². The van der Waals surface area contributed by atoms with Crippen LogP contribution in [0.2, 0.25) is 0 Å². The van der Waals surface area contributed by atoms with Crippen LogP contribution in [0.1, 0.15) is 107 Å². The quantitative estimate of drug-likeness (QED) is 0.462. The summed E-state index contributed by atoms with van der Waals surface area (Å²) in [7, 11) is -3.16. The lowest BCUT2D eigenvalue weighted by molar-refractivity contribution is -0.162. The molecule has 4 heterocycles. The van der Waals surface area contributed by atoms with Crippen LogP contribution in [0.4, 0.5) is 0 Å². The van der Waals surface area contributed by atoms with Crippen LogP contribution in [0, 0.1) is 19.8 Å². The molecule has 236 valence electrons. The van der Waals surface area contributed by atoms with Gasteiger partial charge in [0.15, 0.2) is 0 Å². The van der Waals surface area contributed by atoms with Gasteiger partial charge in [0, 0.05) is 50.5 Å². The molecule has 1 spiro atoms. The molecule has 0 aromatic carbocycles. The van der Waals surface area contributed by atoms with E-state index >= 15 is 0 Å². The number of hydrogen-bond donors (Lipinski definition) is 1. The van der Waals surface area contributed by atoms with Crippen LogP contribution in [-0.2, 0) is 26.2 Å². The number of carbonyl (C=O) groups is 2. The van der Waals surface area contributed by atoms with E-state index in [9.17, 15) is 18.0 Å². The van der Waals surface area contributed by atoms with Gasteiger partial charge in [0.25, 0.3) is 0 Å². The van der Waals surface area contributed by atoms with Gasteiger partial charge in [0.05, 0.1) is 18.0 Å². The third-order valence-electron chi connectivity index (χ3n) is 10.6. The fourth-order valence-electron chi connectivity index (χ4n) is 7.93. The zero-order valence-electron chi connectivity index (χ0n) is 26.2. The van der Waals surface area contributed by atoms with E-state index in [2.05, 4.69) is 35.7 Å². The average Bonchev–Trinajstić information content (AvgIpc) is 3.25. The number of sulfonamides is 1.